The first-order chi connectivity index (χ1) is 53.0. The van der Waals surface area contributed by atoms with Crippen LogP contribution in [-0.4, -0.2) is 164 Å². The van der Waals surface area contributed by atoms with E-state index < -0.39 is 78.9 Å². The number of nitrogens with two attached hydrogens (primary N) is 3. The molecule has 3 unspecified atom stereocenters. The number of rotatable bonds is 24. The molecule has 0 saturated heterocycles. The monoisotopic (exact) mass is 1720 g/mol. The predicted octanol–water partition coefficient (Wildman–Crippen LogP) is 8.23. The molecule has 590 valence electrons. The molecule has 7 aromatic heterocycles. The Balaban J connectivity index is 0.000000146. The van der Waals surface area contributed by atoms with Gasteiger partial charge in [-0.1, -0.05) is 39.7 Å². The number of carbonyl (C=O) groups excluding carboxylic acids is 3. The number of ketones is 3. The van der Waals surface area contributed by atoms with E-state index in [4.69, 9.17) is 45.6 Å². The number of aliphatic hydroxyl groups excluding tert-OH is 3. The number of fused-ring (bicyclic) bond motifs is 3. The molecule has 31 nitrogen and oxygen atoms in total. The summed E-state index contributed by atoms with van der Waals surface area (Å²) in [6, 6.07) is 18.7. The van der Waals surface area contributed by atoms with Crippen molar-refractivity contribution < 1.29 is 86.1 Å². The molecular formula is C72H78BrClN12O19S6. The number of halogens is 2. The van der Waals surface area contributed by atoms with Crippen LogP contribution in [-0.2, 0) is 76.9 Å². The molecule has 6 aliphatic rings. The van der Waals surface area contributed by atoms with Gasteiger partial charge < -0.3 is 49.9 Å². The first-order valence-corrected chi connectivity index (χ1v) is 43.3. The number of hydrogen-bond donors (Lipinski definition) is 9. The second-order valence-electron chi connectivity index (χ2n) is 27.6. The van der Waals surface area contributed by atoms with E-state index in [0.29, 0.717) is 102 Å². The number of carbonyl (C=O) groups is 3. The smallest absolute Gasteiger partial charge is 0.333 e. The maximum atomic E-state index is 13.5. The van der Waals surface area contributed by atoms with Gasteiger partial charge in [0.05, 0.1) is 84.4 Å². The van der Waals surface area contributed by atoms with Crippen LogP contribution in [0.25, 0.3) is 0 Å². The van der Waals surface area contributed by atoms with Crippen LogP contribution < -0.4 is 31.4 Å². The highest BCUT2D eigenvalue weighted by molar-refractivity contribution is 9.10. The highest BCUT2D eigenvalue weighted by atomic mass is 79.9. The van der Waals surface area contributed by atoms with Gasteiger partial charge in [-0.05, 0) is 164 Å². The number of benzene rings is 2. The lowest BCUT2D eigenvalue weighted by Crippen LogP contribution is -2.24. The maximum absolute atomic E-state index is 13.5. The topological polar surface area (TPSA) is 474 Å². The Bertz CT molecular complexity index is 5270. The first kappa shape index (κ1) is 81.6. The lowest BCUT2D eigenvalue weighted by atomic mass is 9.93. The quantitative estimate of drug-likeness (QED) is 0.0257. The number of furan rings is 1. The van der Waals surface area contributed by atoms with E-state index >= 15 is 0 Å². The minimum Gasteiger partial charge on any atom is -0.457 e. The van der Waals surface area contributed by atoms with E-state index in [0.717, 1.165) is 62.0 Å². The summed E-state index contributed by atoms with van der Waals surface area (Å²) in [5.41, 5.74) is 9.16. The molecule has 111 heavy (non-hydrogen) atoms. The van der Waals surface area contributed by atoms with Crippen molar-refractivity contribution in [2.75, 3.05) is 55.6 Å². The minimum absolute atomic E-state index is 0.110. The minimum atomic E-state index is -4.11. The second kappa shape index (κ2) is 35.1. The summed E-state index contributed by atoms with van der Waals surface area (Å²) in [6.45, 7) is 4.89. The largest absolute Gasteiger partial charge is 0.457 e. The first-order valence-electron chi connectivity index (χ1n) is 35.1. The third kappa shape index (κ3) is 20.2. The fraction of sp³-hybridized carbons (Fsp3) is 0.403. The lowest BCUT2D eigenvalue weighted by molar-refractivity contribution is 0.0689. The van der Waals surface area contributed by atoms with Gasteiger partial charge in [-0.15, -0.1) is 34.0 Å². The lowest BCUT2D eigenvalue weighted by Gasteiger charge is -2.26. The van der Waals surface area contributed by atoms with Gasteiger partial charge >= 0.3 is 30.9 Å². The zero-order valence-electron chi connectivity index (χ0n) is 59.4. The highest BCUT2D eigenvalue weighted by Gasteiger charge is 2.40. The summed E-state index contributed by atoms with van der Waals surface area (Å²) in [6.07, 6.45) is 9.89. The fourth-order valence-corrected chi connectivity index (χ4v) is 19.2. The number of hydrogen-bond acceptors (Lipinski definition) is 31. The van der Waals surface area contributed by atoms with Gasteiger partial charge in [0.15, 0.2) is 5.76 Å². The Hall–Kier alpha value is -7.39. The average molecular weight is 1720 g/mol. The fourth-order valence-electron chi connectivity index (χ4n) is 14.6. The molecule has 15 rings (SSSR count). The average Bonchev–Trinajstić information content (AvgIpc) is 1.71. The van der Waals surface area contributed by atoms with E-state index in [2.05, 4.69) is 97.9 Å². The molecule has 12 N–H and O–H groups in total. The van der Waals surface area contributed by atoms with Crippen molar-refractivity contribution in [2.24, 2.45) is 33.2 Å². The van der Waals surface area contributed by atoms with Crippen LogP contribution in [0.3, 0.4) is 0 Å². The van der Waals surface area contributed by atoms with Crippen LogP contribution in [0.5, 0.6) is 0 Å². The standard InChI is InChI=1S/C25H27ClN4O7S.C24H25BrN4O6S2.C23H26N4O6S3/c1-13-18(24-19-7-16(26)3-2-14(19)4-5-35-24)9-22(37-13)23(32)20-10-28-12-29-25(20)30-17-6-15(21(31)8-17)11-36-38(27,33)34;25-16-2-1-13-3-4-34-23(18(13)7-16)15-6-21(36-11-15)22(31)19-9-27-12-28-24(19)29-17-5-14(20(30)8-17)10-35-37(26,32)33;1-12-16(21-22-13(2-4-32-21)3-5-34-22)8-19(35-12)20(29)17-9-25-11-26-23(17)27-15-6-14(18(28)7-15)10-33-36(24,30)31/h2-3,7,9-10,12,15,17,21,24,31H,4-6,8,11H2,1H3,(H2,27,33,34)(H,28,29,30);1-2,6-7,9,11-12,14,17,20,23,30H,3-5,8,10H2,(H2,26,32,33)(H,27,28,29);3,5,8-9,11,14-15,18,21,28H,2,4,6-7,10H2,1H3,(H2,24,30,31)(H,25,26,27)/t15-,17-,21+,24?;14-,17-,20+,23?;14-,15-,18+,21?/m111/s1. The Kier molecular flexibility index (Phi) is 25.8. The van der Waals surface area contributed by atoms with Gasteiger partial charge in [0.25, 0.3) is 0 Å². The van der Waals surface area contributed by atoms with Crippen LogP contribution in [0.2, 0.25) is 5.02 Å². The molecule has 9 aromatic rings. The Morgan fingerprint density at radius 1 is 0.550 bits per heavy atom. The molecule has 12 atom stereocenters. The number of nitrogens with one attached hydrogen (secondary N) is 3. The molecule has 0 radical (unpaired) electrons. The molecule has 2 aromatic carbocycles. The van der Waals surface area contributed by atoms with E-state index in [-0.39, 0.29) is 78.9 Å². The van der Waals surface area contributed by atoms with E-state index in [1.807, 2.05) is 48.7 Å². The number of aliphatic hydroxyl groups is 3. The normalized spacial score (nSPS) is 23.6. The number of nitrogens with zero attached hydrogens (tertiary/aromatic N) is 6. The van der Waals surface area contributed by atoms with Crippen LogP contribution >= 0.6 is 61.5 Å². The third-order valence-corrected chi connectivity index (χ3v) is 25.2. The summed E-state index contributed by atoms with van der Waals surface area (Å²) in [5, 5.41) is 59.9. The molecule has 0 spiro atoms. The highest BCUT2D eigenvalue weighted by Crippen LogP contribution is 2.44. The van der Waals surface area contributed by atoms with Gasteiger partial charge in [0, 0.05) is 84.8 Å². The summed E-state index contributed by atoms with van der Waals surface area (Å²) in [7, 11) is -12.3. The van der Waals surface area contributed by atoms with Crippen LogP contribution in [0.15, 0.2) is 118 Å². The zero-order chi connectivity index (χ0) is 78.6. The zero-order valence-corrected chi connectivity index (χ0v) is 66.7. The summed E-state index contributed by atoms with van der Waals surface area (Å²) in [5.74, 6) is -0.483. The summed E-state index contributed by atoms with van der Waals surface area (Å²) in [4.78, 5) is 68.7. The van der Waals surface area contributed by atoms with Gasteiger partial charge in [-0.25, -0.2) is 45.3 Å². The van der Waals surface area contributed by atoms with Gasteiger partial charge in [-0.2, -0.15) is 25.3 Å². The van der Waals surface area contributed by atoms with E-state index in [1.165, 1.54) is 76.3 Å². The molecule has 0 bridgehead atoms. The second-order valence-corrected chi connectivity index (χ2v) is 35.7. The third-order valence-electron chi connectivity index (χ3n) is 20.0. The molecule has 10 heterocycles. The molecule has 3 aliphatic heterocycles. The number of ether oxygens (including phenoxy) is 3. The van der Waals surface area contributed by atoms with Crippen molar-refractivity contribution in [3.63, 3.8) is 0 Å². The predicted molar refractivity (Wildman–Crippen MR) is 413 cm³/mol. The number of anilines is 3. The van der Waals surface area contributed by atoms with Crippen LogP contribution in [0.1, 0.15) is 163 Å². The molecule has 3 fully saturated rings. The van der Waals surface area contributed by atoms with E-state index in [9.17, 15) is 55.0 Å². The molecule has 3 aliphatic carbocycles. The van der Waals surface area contributed by atoms with Crippen LogP contribution in [0.4, 0.5) is 17.5 Å². The van der Waals surface area contributed by atoms with Crippen molar-refractivity contribution in [1.29, 1.82) is 0 Å². The van der Waals surface area contributed by atoms with Crippen molar-refractivity contribution in [1.82, 2.24) is 29.9 Å². The van der Waals surface area contributed by atoms with Crippen molar-refractivity contribution >= 4 is 127 Å². The molecule has 3 saturated carbocycles. The molecule has 39 heteroatoms. The number of aryl methyl sites for hydroxylation is 2. The van der Waals surface area contributed by atoms with E-state index in [1.54, 1.807) is 24.3 Å². The van der Waals surface area contributed by atoms with Gasteiger partial charge in [0.2, 0.25) is 17.3 Å². The molecule has 0 amide bonds. The van der Waals surface area contributed by atoms with Gasteiger partial charge in [-0.3, -0.25) is 26.9 Å². The SMILES string of the molecule is Cc1oc(C(=O)c2cncnc2N[C@@H]2C[C@H](COS(N)(=O)=O)[C@@H](O)C2)cc1C1OCCc2ccc(Cl)cc21.Cc1sc(C(=O)c2cncnc2N[C@@H]2C[C@H](COS(N)(=O)=O)[C@@H](O)C2)cc1C1OCCc2ccsc21.NS(=O)(=O)OC[C@H]1C[C@@H](Nc2ncncc2C(=O)c2cc(C3OCCc4ccc(Br)cc43)cs2)C[C@@H]1O. The molecular weight excluding hydrogens is 1640 g/mol. The number of thiophene rings is 3. The van der Waals surface area contributed by atoms with Crippen molar-refractivity contribution in [3.05, 3.63) is 211 Å². The Morgan fingerprint density at radius 2 is 1.02 bits per heavy atom. The Morgan fingerprint density at radius 3 is 1.54 bits per heavy atom. The van der Waals surface area contributed by atoms with Crippen molar-refractivity contribution in [3.8, 4) is 0 Å². The Labute approximate surface area is 664 Å². The summed E-state index contributed by atoms with van der Waals surface area (Å²) >= 11 is 14.2. The summed E-state index contributed by atoms with van der Waals surface area (Å²) < 4.78 is 106. The van der Waals surface area contributed by atoms with Crippen LogP contribution in [0, 0.1) is 31.6 Å². The number of aromatic nitrogens is 6. The van der Waals surface area contributed by atoms with Crippen molar-refractivity contribution in [2.45, 2.75) is 126 Å². The van der Waals surface area contributed by atoms with Gasteiger partial charge in [0.1, 0.15) is 60.5 Å². The maximum Gasteiger partial charge on any atom is 0.333 e.